The lowest BCUT2D eigenvalue weighted by atomic mass is 9.95. The molecule has 7 N–H and O–H groups in total. The highest BCUT2D eigenvalue weighted by molar-refractivity contribution is 7.66. The van der Waals surface area contributed by atoms with E-state index in [-0.39, 0.29) is 17.1 Å². The van der Waals surface area contributed by atoms with Gasteiger partial charge in [0, 0.05) is 5.38 Å². The summed E-state index contributed by atoms with van der Waals surface area (Å²) in [5.74, 6) is 1.74. The molecule has 2 aromatic rings. The van der Waals surface area contributed by atoms with E-state index in [0.29, 0.717) is 0 Å². The topological polar surface area (TPSA) is 259 Å². The van der Waals surface area contributed by atoms with Gasteiger partial charge in [-0.3, -0.25) is 9.09 Å². The van der Waals surface area contributed by atoms with Crippen molar-refractivity contribution in [1.82, 2.24) is 19.5 Å². The fourth-order valence-corrected chi connectivity index (χ4v) is 6.48. The number of aliphatic hydroxyl groups excluding tert-OH is 1. The SMILES string of the molecule is C[C@@H](OP(=O)(O)OP(=O)(O)OP(=O)(O)O)[C@H]1O[C@@H](n2cnc3cnc(N)nc32)C(F)(C#CCl)[C@H]1O. The number of hydrogen-bond acceptors (Lipinski definition) is 12. The van der Waals surface area contributed by atoms with Gasteiger partial charge in [0.1, 0.15) is 17.7 Å². The molecule has 2 aromatic heterocycles. The van der Waals surface area contributed by atoms with Crippen LogP contribution in [0.15, 0.2) is 12.5 Å². The molecule has 0 aliphatic carbocycles. The number of aliphatic hydroxyl groups is 1. The lowest BCUT2D eigenvalue weighted by Crippen LogP contribution is -2.44. The van der Waals surface area contributed by atoms with Gasteiger partial charge < -0.3 is 35.2 Å². The zero-order chi connectivity index (χ0) is 26.4. The first-order valence-corrected chi connectivity index (χ1v) is 13.8. The maximum Gasteiger partial charge on any atom is 0.490 e. The quantitative estimate of drug-likeness (QED) is 0.181. The highest BCUT2D eigenvalue weighted by atomic mass is 35.5. The van der Waals surface area contributed by atoms with E-state index < -0.39 is 53.7 Å². The van der Waals surface area contributed by atoms with E-state index in [4.69, 9.17) is 31.9 Å². The molecule has 1 aliphatic rings. The van der Waals surface area contributed by atoms with Gasteiger partial charge in [-0.15, -0.1) is 0 Å². The van der Waals surface area contributed by atoms with Crippen molar-refractivity contribution in [2.45, 2.75) is 37.1 Å². The molecule has 0 saturated carbocycles. The standard InChI is InChI=1S/C13H16ClFN5O12P3/c1-6(30-34(25,26)32-35(27,28)31-33(22,23)24)8-9(21)13(15,2-3-14)11(29-8)20-5-18-7-4-17-12(16)19-10(7)20/h4-6,8-9,11,21H,1H3,(H,25,26)(H,27,28)(H2,16,17,19)(H2,22,23,24)/t6-,8-,9+,11-,13?/m1/s1. The van der Waals surface area contributed by atoms with Crippen LogP contribution >= 0.6 is 35.1 Å². The number of hydrogen-bond donors (Lipinski definition) is 6. The second-order valence-electron chi connectivity index (χ2n) is 6.88. The van der Waals surface area contributed by atoms with Crippen LogP contribution in [0.1, 0.15) is 13.2 Å². The Kier molecular flexibility index (Phi) is 7.79. The maximum absolute atomic E-state index is 15.9. The molecule has 1 aliphatic heterocycles. The van der Waals surface area contributed by atoms with E-state index in [1.54, 1.807) is 5.38 Å². The normalized spacial score (nSPS) is 29.2. The van der Waals surface area contributed by atoms with Crippen LogP contribution in [0.4, 0.5) is 10.3 Å². The summed E-state index contributed by atoms with van der Waals surface area (Å²) in [7, 11) is -17.1. The Bertz CT molecular complexity index is 1330. The molecule has 3 rings (SSSR count). The first-order valence-electron chi connectivity index (χ1n) is 8.90. The number of rotatable bonds is 8. The number of halogens is 2. The number of fused-ring (bicyclic) bond motifs is 1. The average molecular weight is 582 g/mol. The Morgan fingerprint density at radius 2 is 1.91 bits per heavy atom. The van der Waals surface area contributed by atoms with Crippen molar-refractivity contribution in [2.24, 2.45) is 0 Å². The highest BCUT2D eigenvalue weighted by Crippen LogP contribution is 2.66. The number of imidazole rings is 1. The lowest BCUT2D eigenvalue weighted by molar-refractivity contribution is -0.0754. The number of phosphoric acid groups is 3. The number of ether oxygens (including phenoxy) is 1. The van der Waals surface area contributed by atoms with Crippen LogP contribution in [-0.4, -0.2) is 68.2 Å². The number of alkyl halides is 1. The number of nitrogens with zero attached hydrogens (tertiary/aromatic N) is 4. The summed E-state index contributed by atoms with van der Waals surface area (Å²) in [5, 5.41) is 12.4. The minimum absolute atomic E-state index is 0.0331. The fraction of sp³-hybridized carbons (Fsp3) is 0.462. The molecule has 0 aromatic carbocycles. The summed E-state index contributed by atoms with van der Waals surface area (Å²) in [6, 6.07) is 0. The smallest absolute Gasteiger partial charge is 0.386 e. The molecule has 17 nitrogen and oxygen atoms in total. The first kappa shape index (κ1) is 28.0. The van der Waals surface area contributed by atoms with Crippen LogP contribution in [-0.2, 0) is 31.6 Å². The van der Waals surface area contributed by atoms with Gasteiger partial charge in [-0.05, 0) is 24.4 Å². The van der Waals surface area contributed by atoms with Crippen LogP contribution in [0.5, 0.6) is 0 Å². The van der Waals surface area contributed by atoms with Gasteiger partial charge in [0.25, 0.3) is 0 Å². The average Bonchev–Trinajstić information content (AvgIpc) is 3.17. The van der Waals surface area contributed by atoms with Gasteiger partial charge in [0.2, 0.25) is 11.6 Å². The second-order valence-corrected chi connectivity index (χ2v) is 11.4. The largest absolute Gasteiger partial charge is 0.490 e. The van der Waals surface area contributed by atoms with Gasteiger partial charge in [-0.2, -0.15) is 13.6 Å². The van der Waals surface area contributed by atoms with Crippen molar-refractivity contribution >= 4 is 52.2 Å². The molecule has 0 spiro atoms. The molecular formula is C13H16ClFN5O12P3. The van der Waals surface area contributed by atoms with E-state index in [1.165, 1.54) is 6.20 Å². The van der Waals surface area contributed by atoms with E-state index in [9.17, 15) is 28.6 Å². The van der Waals surface area contributed by atoms with Crippen LogP contribution < -0.4 is 5.73 Å². The number of aromatic nitrogens is 4. The monoisotopic (exact) mass is 581 g/mol. The Morgan fingerprint density at radius 1 is 1.26 bits per heavy atom. The number of phosphoric ester groups is 1. The summed E-state index contributed by atoms with van der Waals surface area (Å²) >= 11 is 5.36. The molecule has 0 amide bonds. The number of anilines is 1. The molecule has 22 heteroatoms. The van der Waals surface area contributed by atoms with E-state index >= 15 is 4.39 Å². The van der Waals surface area contributed by atoms with Gasteiger partial charge >= 0.3 is 23.5 Å². The summed E-state index contributed by atoms with van der Waals surface area (Å²) in [5.41, 5.74) is 2.69. The summed E-state index contributed by atoms with van der Waals surface area (Å²) in [6.07, 6.45) is -5.32. The predicted molar refractivity (Wildman–Crippen MR) is 112 cm³/mol. The fourth-order valence-electron chi connectivity index (χ4n) is 3.13. The van der Waals surface area contributed by atoms with Crippen LogP contribution in [0.25, 0.3) is 11.2 Å². The number of nitrogen functional groups attached to an aromatic ring is 1. The van der Waals surface area contributed by atoms with E-state index in [1.807, 2.05) is 5.92 Å². The van der Waals surface area contributed by atoms with Gasteiger partial charge in [-0.25, -0.2) is 28.1 Å². The molecular weight excluding hydrogens is 566 g/mol. The Morgan fingerprint density at radius 3 is 2.51 bits per heavy atom. The highest BCUT2D eigenvalue weighted by Gasteiger charge is 2.60. The van der Waals surface area contributed by atoms with Gasteiger partial charge in [0.15, 0.2) is 11.9 Å². The van der Waals surface area contributed by atoms with Crippen molar-refractivity contribution < 1.29 is 60.6 Å². The van der Waals surface area contributed by atoms with Crippen molar-refractivity contribution in [1.29, 1.82) is 0 Å². The van der Waals surface area contributed by atoms with Crippen LogP contribution in [0, 0.1) is 11.3 Å². The third-order valence-corrected chi connectivity index (χ3v) is 8.41. The third kappa shape index (κ3) is 6.24. The zero-order valence-corrected chi connectivity index (χ0v) is 20.5. The van der Waals surface area contributed by atoms with Gasteiger partial charge in [0.05, 0.1) is 18.6 Å². The molecule has 7 atom stereocenters. The molecule has 194 valence electrons. The Labute approximate surface area is 199 Å². The maximum atomic E-state index is 15.9. The molecule has 3 heterocycles. The summed E-state index contributed by atoms with van der Waals surface area (Å²) in [6.45, 7) is 0.982. The minimum atomic E-state index is -5.82. The lowest BCUT2D eigenvalue weighted by Gasteiger charge is -2.25. The van der Waals surface area contributed by atoms with Gasteiger partial charge in [-0.1, -0.05) is 0 Å². The first-order chi connectivity index (χ1) is 16.0. The molecule has 35 heavy (non-hydrogen) atoms. The van der Waals surface area contributed by atoms with Crippen LogP contribution in [0.2, 0.25) is 0 Å². The second kappa shape index (κ2) is 9.73. The van der Waals surface area contributed by atoms with E-state index in [0.717, 1.165) is 17.8 Å². The summed E-state index contributed by atoms with van der Waals surface area (Å²) in [4.78, 5) is 47.8. The van der Waals surface area contributed by atoms with E-state index in [2.05, 4.69) is 28.1 Å². The number of nitrogens with two attached hydrogens (primary N) is 1. The Hall–Kier alpha value is -1.54. The van der Waals surface area contributed by atoms with Crippen molar-refractivity contribution in [3.8, 4) is 11.3 Å². The zero-order valence-electron chi connectivity index (χ0n) is 17.0. The minimum Gasteiger partial charge on any atom is -0.386 e. The Balaban J connectivity index is 1.89. The van der Waals surface area contributed by atoms with Crippen LogP contribution in [0.3, 0.4) is 0 Å². The molecule has 3 unspecified atom stereocenters. The molecule has 0 bridgehead atoms. The molecule has 1 saturated heterocycles. The molecule has 0 radical (unpaired) electrons. The van der Waals surface area contributed by atoms with Crippen molar-refractivity contribution in [2.75, 3.05) is 5.73 Å². The molecule has 1 fully saturated rings. The van der Waals surface area contributed by atoms with Crippen molar-refractivity contribution in [3.05, 3.63) is 12.5 Å². The predicted octanol–water partition coefficient (Wildman–Crippen LogP) is 0.307. The third-order valence-electron chi connectivity index (χ3n) is 4.39. The summed E-state index contributed by atoms with van der Waals surface area (Å²) < 4.78 is 68.6. The van der Waals surface area contributed by atoms with Crippen molar-refractivity contribution in [3.63, 3.8) is 0 Å².